The SMILES string of the molecule is CC(CCC(=O)NC(Cc1ccccc1)C(=O)O)[C@H]1CC[C@H]2[C@@H]3CC[C@@H]4C[C@H](O)CC[C@]4(C)[C@H]3CC[C@]12C. The lowest BCUT2D eigenvalue weighted by molar-refractivity contribution is -0.141. The molecule has 4 saturated carbocycles. The molecule has 5 nitrogen and oxygen atoms in total. The van der Waals surface area contributed by atoms with Crippen molar-refractivity contribution in [1.29, 1.82) is 0 Å². The summed E-state index contributed by atoms with van der Waals surface area (Å²) in [5.74, 6) is 3.09. The van der Waals surface area contributed by atoms with Crippen molar-refractivity contribution in [3.8, 4) is 0 Å². The van der Waals surface area contributed by atoms with Crippen LogP contribution in [0.2, 0.25) is 0 Å². The van der Waals surface area contributed by atoms with Gasteiger partial charge in [-0.25, -0.2) is 4.79 Å². The van der Waals surface area contributed by atoms with Gasteiger partial charge in [-0.05, 0) is 116 Å². The number of hydrogen-bond donors (Lipinski definition) is 3. The van der Waals surface area contributed by atoms with Crippen LogP contribution in [0, 0.1) is 46.3 Å². The zero-order valence-corrected chi connectivity index (χ0v) is 23.7. The van der Waals surface area contributed by atoms with E-state index in [4.69, 9.17) is 0 Å². The Morgan fingerprint density at radius 1 is 0.974 bits per heavy atom. The molecule has 210 valence electrons. The molecular formula is C33H49NO4. The van der Waals surface area contributed by atoms with E-state index in [9.17, 15) is 19.8 Å². The van der Waals surface area contributed by atoms with E-state index in [1.54, 1.807) is 0 Å². The summed E-state index contributed by atoms with van der Waals surface area (Å²) in [5.41, 5.74) is 1.68. The van der Waals surface area contributed by atoms with Crippen molar-refractivity contribution < 1.29 is 19.8 Å². The van der Waals surface area contributed by atoms with Gasteiger partial charge in [0.15, 0.2) is 0 Å². The second-order valence-corrected chi connectivity index (χ2v) is 14.0. The Bertz CT molecular complexity index is 996. The third-order valence-electron chi connectivity index (χ3n) is 12.1. The van der Waals surface area contributed by atoms with Crippen LogP contribution in [0.5, 0.6) is 0 Å². The maximum absolute atomic E-state index is 12.8. The second kappa shape index (κ2) is 10.9. The van der Waals surface area contributed by atoms with E-state index in [0.717, 1.165) is 42.6 Å². The molecule has 3 N–H and O–H groups in total. The number of aliphatic carboxylic acids is 1. The molecule has 0 heterocycles. The molecule has 0 aliphatic heterocycles. The molecular weight excluding hydrogens is 474 g/mol. The van der Waals surface area contributed by atoms with Crippen LogP contribution in [0.4, 0.5) is 0 Å². The number of rotatable bonds is 8. The highest BCUT2D eigenvalue weighted by Gasteiger charge is 2.60. The lowest BCUT2D eigenvalue weighted by atomic mass is 9.44. The van der Waals surface area contributed by atoms with Crippen molar-refractivity contribution in [3.05, 3.63) is 35.9 Å². The molecule has 5 rings (SSSR count). The van der Waals surface area contributed by atoms with Crippen molar-refractivity contribution >= 4 is 11.9 Å². The van der Waals surface area contributed by atoms with Gasteiger partial charge < -0.3 is 15.5 Å². The Hall–Kier alpha value is -1.88. The molecule has 0 radical (unpaired) electrons. The van der Waals surface area contributed by atoms with E-state index in [1.165, 1.54) is 44.9 Å². The Kier molecular flexibility index (Phi) is 7.97. The summed E-state index contributed by atoms with van der Waals surface area (Å²) >= 11 is 0. The molecule has 1 aromatic rings. The molecule has 4 aliphatic rings. The first kappa shape index (κ1) is 27.7. The van der Waals surface area contributed by atoms with E-state index < -0.39 is 12.0 Å². The van der Waals surface area contributed by atoms with Crippen LogP contribution in [-0.2, 0) is 16.0 Å². The van der Waals surface area contributed by atoms with Crippen LogP contribution in [-0.4, -0.2) is 34.2 Å². The van der Waals surface area contributed by atoms with Gasteiger partial charge in [0.1, 0.15) is 6.04 Å². The number of carboxylic acids is 1. The number of hydrogen-bond acceptors (Lipinski definition) is 3. The van der Waals surface area contributed by atoms with Gasteiger partial charge in [0.25, 0.3) is 0 Å². The number of aliphatic hydroxyl groups is 1. The predicted molar refractivity (Wildman–Crippen MR) is 149 cm³/mol. The fourth-order valence-electron chi connectivity index (χ4n) is 10.1. The first-order valence-electron chi connectivity index (χ1n) is 15.4. The van der Waals surface area contributed by atoms with Gasteiger partial charge in [-0.15, -0.1) is 0 Å². The average Bonchev–Trinajstić information content (AvgIpc) is 3.25. The molecule has 0 spiro atoms. The molecule has 4 fully saturated rings. The smallest absolute Gasteiger partial charge is 0.326 e. The molecule has 38 heavy (non-hydrogen) atoms. The molecule has 0 bridgehead atoms. The van der Waals surface area contributed by atoms with Crippen LogP contribution in [0.25, 0.3) is 0 Å². The first-order chi connectivity index (χ1) is 18.1. The summed E-state index contributed by atoms with van der Waals surface area (Å²) in [6.07, 6.45) is 12.4. The minimum Gasteiger partial charge on any atom is -0.480 e. The molecule has 1 amide bonds. The molecule has 0 saturated heterocycles. The van der Waals surface area contributed by atoms with Gasteiger partial charge in [-0.3, -0.25) is 4.79 Å². The van der Waals surface area contributed by atoms with Crippen molar-refractivity contribution in [2.24, 2.45) is 46.3 Å². The highest BCUT2D eigenvalue weighted by Crippen LogP contribution is 2.68. The summed E-state index contributed by atoms with van der Waals surface area (Å²) in [4.78, 5) is 24.6. The van der Waals surface area contributed by atoms with Gasteiger partial charge in [0.05, 0.1) is 6.10 Å². The molecule has 4 aliphatic carbocycles. The molecule has 1 aromatic carbocycles. The highest BCUT2D eigenvalue weighted by molar-refractivity contribution is 5.83. The third kappa shape index (κ3) is 5.17. The average molecular weight is 524 g/mol. The van der Waals surface area contributed by atoms with Gasteiger partial charge in [-0.1, -0.05) is 51.1 Å². The highest BCUT2D eigenvalue weighted by atomic mass is 16.4. The number of carbonyl (C=O) groups is 2. The largest absolute Gasteiger partial charge is 0.480 e. The monoisotopic (exact) mass is 523 g/mol. The zero-order chi connectivity index (χ0) is 27.1. The van der Waals surface area contributed by atoms with Crippen molar-refractivity contribution in [3.63, 3.8) is 0 Å². The van der Waals surface area contributed by atoms with Crippen molar-refractivity contribution in [2.75, 3.05) is 0 Å². The van der Waals surface area contributed by atoms with E-state index in [0.29, 0.717) is 41.4 Å². The first-order valence-corrected chi connectivity index (χ1v) is 15.4. The fraction of sp³-hybridized carbons (Fsp3) is 0.758. The van der Waals surface area contributed by atoms with E-state index >= 15 is 0 Å². The Morgan fingerprint density at radius 3 is 2.42 bits per heavy atom. The van der Waals surface area contributed by atoms with E-state index in [-0.39, 0.29) is 12.0 Å². The number of benzene rings is 1. The normalized spacial score (nSPS) is 39.8. The van der Waals surface area contributed by atoms with Gasteiger partial charge in [0, 0.05) is 12.8 Å². The topological polar surface area (TPSA) is 86.6 Å². The molecule has 2 unspecified atom stereocenters. The van der Waals surface area contributed by atoms with Crippen molar-refractivity contribution in [2.45, 2.75) is 110 Å². The standard InChI is InChI=1S/C33H49NO4/c1-21(9-14-30(36)34-29(31(37)38)19-22-7-5-4-6-8-22)26-12-13-27-25-11-10-23-20-24(35)15-17-32(23,2)28(25)16-18-33(26,27)3/h4-8,21,23-29,35H,9-20H2,1-3H3,(H,34,36)(H,37,38)/t21?,23-,24-,25+,26-,27+,28+,29?,32+,33-/m1/s1. The van der Waals surface area contributed by atoms with Crippen LogP contribution in [0.3, 0.4) is 0 Å². The number of carbonyl (C=O) groups excluding carboxylic acids is 1. The Balaban J connectivity index is 1.18. The Labute approximate surface area is 229 Å². The number of carboxylic acid groups (broad SMARTS) is 1. The number of fused-ring (bicyclic) bond motifs is 5. The number of amides is 1. The van der Waals surface area contributed by atoms with Gasteiger partial charge >= 0.3 is 5.97 Å². The lowest BCUT2D eigenvalue weighted by Crippen LogP contribution is -2.54. The maximum Gasteiger partial charge on any atom is 0.326 e. The minimum absolute atomic E-state index is 0.0866. The summed E-state index contributed by atoms with van der Waals surface area (Å²) in [7, 11) is 0. The van der Waals surface area contributed by atoms with Crippen LogP contribution in [0.1, 0.15) is 97.0 Å². The maximum atomic E-state index is 12.8. The zero-order valence-electron chi connectivity index (χ0n) is 23.7. The summed E-state index contributed by atoms with van der Waals surface area (Å²) in [6.45, 7) is 7.44. The Morgan fingerprint density at radius 2 is 1.68 bits per heavy atom. The predicted octanol–water partition coefficient (Wildman–Crippen LogP) is 6.23. The quantitative estimate of drug-likeness (QED) is 0.377. The van der Waals surface area contributed by atoms with Gasteiger partial charge in [-0.2, -0.15) is 0 Å². The lowest BCUT2D eigenvalue weighted by Gasteiger charge is -2.61. The third-order valence-corrected chi connectivity index (χ3v) is 12.1. The number of aliphatic hydroxyl groups excluding tert-OH is 1. The minimum atomic E-state index is -0.978. The van der Waals surface area contributed by atoms with Crippen LogP contribution in [0.15, 0.2) is 30.3 Å². The molecule has 5 heteroatoms. The van der Waals surface area contributed by atoms with E-state index in [2.05, 4.69) is 26.1 Å². The fourth-order valence-corrected chi connectivity index (χ4v) is 10.1. The van der Waals surface area contributed by atoms with Crippen LogP contribution >= 0.6 is 0 Å². The summed E-state index contributed by atoms with van der Waals surface area (Å²) in [5, 5.41) is 22.8. The number of nitrogens with one attached hydrogen (secondary N) is 1. The summed E-state index contributed by atoms with van der Waals surface area (Å²) < 4.78 is 0. The second-order valence-electron chi connectivity index (χ2n) is 14.0. The van der Waals surface area contributed by atoms with E-state index in [1.807, 2.05) is 30.3 Å². The van der Waals surface area contributed by atoms with Crippen LogP contribution < -0.4 is 5.32 Å². The van der Waals surface area contributed by atoms with Gasteiger partial charge in [0.2, 0.25) is 5.91 Å². The van der Waals surface area contributed by atoms with Crippen molar-refractivity contribution in [1.82, 2.24) is 5.32 Å². The molecule has 0 aromatic heterocycles. The summed E-state index contributed by atoms with van der Waals surface area (Å²) in [6, 6.07) is 8.62. The molecule has 10 atom stereocenters.